The summed E-state index contributed by atoms with van der Waals surface area (Å²) < 4.78 is 76.6. The normalized spacial score (nSPS) is 15.2. The number of hydrogen-bond acceptors (Lipinski definition) is 3. The zero-order chi connectivity index (χ0) is 41.3. The van der Waals surface area contributed by atoms with Crippen molar-refractivity contribution in [2.45, 2.75) is 12.3 Å². The van der Waals surface area contributed by atoms with Crippen molar-refractivity contribution in [1.29, 1.82) is 0 Å². The first-order valence-corrected chi connectivity index (χ1v) is 16.3. The molecule has 0 unspecified atom stereocenters. The Morgan fingerprint density at radius 1 is 0.420 bits per heavy atom. The van der Waals surface area contributed by atoms with Crippen LogP contribution in [0.2, 0.25) is 0 Å². The fourth-order valence-electron chi connectivity index (χ4n) is 7.11. The second-order valence-corrected chi connectivity index (χ2v) is 12.1. The van der Waals surface area contributed by atoms with Crippen LogP contribution in [0.5, 0.6) is 0 Å². The van der Waals surface area contributed by atoms with Crippen molar-refractivity contribution in [3.05, 3.63) is 210 Å². The first-order chi connectivity index (χ1) is 28.4. The van der Waals surface area contributed by atoms with Crippen LogP contribution in [-0.2, 0) is 5.41 Å². The molecule has 0 saturated carbocycles. The smallest absolute Gasteiger partial charge is 0.164 e. The third-order valence-corrected chi connectivity index (χ3v) is 9.27. The number of benzene rings is 7. The molecule has 9 rings (SSSR count). The molecule has 0 N–H and O–H groups in total. The van der Waals surface area contributed by atoms with Gasteiger partial charge in [-0.3, -0.25) is 0 Å². The van der Waals surface area contributed by atoms with Crippen LogP contribution in [0.1, 0.15) is 40.2 Å². The summed E-state index contributed by atoms with van der Waals surface area (Å²) in [6.07, 6.45) is 0. The summed E-state index contributed by atoms with van der Waals surface area (Å²) in [6.45, 7) is 1.49. The molecule has 0 saturated heterocycles. The number of fused-ring (bicyclic) bond motifs is 3. The monoisotopic (exact) mass is 648 g/mol. The van der Waals surface area contributed by atoms with Crippen LogP contribution in [0.25, 0.3) is 56.4 Å². The number of nitrogens with zero attached hydrogens (tertiary/aromatic N) is 3. The maximum atomic E-state index is 8.77. The molecule has 8 aromatic rings. The Morgan fingerprint density at radius 3 is 1.56 bits per heavy atom. The summed E-state index contributed by atoms with van der Waals surface area (Å²) in [5.74, 6) is -0.440. The lowest BCUT2D eigenvalue weighted by molar-refractivity contribution is 0.768. The molecule has 0 radical (unpaired) electrons. The Balaban J connectivity index is 1.24. The van der Waals surface area contributed by atoms with E-state index in [1.54, 1.807) is 0 Å². The highest BCUT2D eigenvalue weighted by atomic mass is 15.0. The van der Waals surface area contributed by atoms with Gasteiger partial charge in [-0.25, -0.2) is 15.0 Å². The molecule has 0 aliphatic heterocycles. The highest BCUT2D eigenvalue weighted by Crippen LogP contribution is 2.58. The Morgan fingerprint density at radius 2 is 0.920 bits per heavy atom. The molecule has 1 heterocycles. The lowest BCUT2D eigenvalue weighted by Gasteiger charge is -2.34. The molecule has 0 amide bonds. The van der Waals surface area contributed by atoms with E-state index in [9.17, 15) is 0 Å². The van der Waals surface area contributed by atoms with E-state index >= 15 is 0 Å². The van der Waals surface area contributed by atoms with Crippen molar-refractivity contribution in [1.82, 2.24) is 15.0 Å². The zero-order valence-electron chi connectivity index (χ0n) is 36.0. The van der Waals surface area contributed by atoms with E-state index in [0.717, 1.165) is 38.9 Å². The van der Waals surface area contributed by atoms with Gasteiger partial charge in [0, 0.05) is 16.7 Å². The minimum Gasteiger partial charge on any atom is -0.208 e. The van der Waals surface area contributed by atoms with Gasteiger partial charge in [0.2, 0.25) is 0 Å². The largest absolute Gasteiger partial charge is 0.208 e. The van der Waals surface area contributed by atoms with E-state index in [-0.39, 0.29) is 58.3 Å². The van der Waals surface area contributed by atoms with Crippen molar-refractivity contribution < 1.29 is 12.3 Å². The van der Waals surface area contributed by atoms with Crippen molar-refractivity contribution in [2.24, 2.45) is 0 Å². The van der Waals surface area contributed by atoms with E-state index in [1.165, 1.54) is 12.5 Å². The minimum absolute atomic E-state index is 0.0524. The van der Waals surface area contributed by atoms with Gasteiger partial charge in [0.05, 0.1) is 17.8 Å². The summed E-state index contributed by atoms with van der Waals surface area (Å²) in [7, 11) is 0. The predicted molar refractivity (Wildman–Crippen MR) is 204 cm³/mol. The van der Waals surface area contributed by atoms with Crippen molar-refractivity contribution >= 4 is 0 Å². The first-order valence-electron chi connectivity index (χ1n) is 20.8. The van der Waals surface area contributed by atoms with Crippen LogP contribution in [0.3, 0.4) is 0 Å². The molecule has 1 aliphatic carbocycles. The maximum Gasteiger partial charge on any atom is 0.164 e. The van der Waals surface area contributed by atoms with E-state index < -0.39 is 35.6 Å². The molecular formula is C47H33N3. The highest BCUT2D eigenvalue weighted by molar-refractivity contribution is 5.95. The molecular weight excluding hydrogens is 607 g/mol. The van der Waals surface area contributed by atoms with Gasteiger partial charge in [-0.2, -0.15) is 0 Å². The molecule has 0 spiro atoms. The van der Waals surface area contributed by atoms with Gasteiger partial charge in [0.25, 0.3) is 0 Å². The van der Waals surface area contributed by atoms with E-state index in [0.29, 0.717) is 5.56 Å². The molecule has 50 heavy (non-hydrogen) atoms. The van der Waals surface area contributed by atoms with Gasteiger partial charge in [-0.1, -0.05) is 187 Å². The van der Waals surface area contributed by atoms with Crippen LogP contribution in [0.4, 0.5) is 0 Å². The zero-order valence-corrected chi connectivity index (χ0v) is 27.0. The summed E-state index contributed by atoms with van der Waals surface area (Å²) in [6, 6.07) is 39.5. The van der Waals surface area contributed by atoms with Crippen LogP contribution < -0.4 is 0 Å². The molecule has 236 valence electrons. The van der Waals surface area contributed by atoms with E-state index in [2.05, 4.69) is 106 Å². The predicted octanol–water partition coefficient (Wildman–Crippen LogP) is 11.2. The quantitative estimate of drug-likeness (QED) is 0.180. The number of aromatic nitrogens is 3. The van der Waals surface area contributed by atoms with E-state index in [4.69, 9.17) is 12.3 Å². The Kier molecular flexibility index (Phi) is 5.25. The van der Waals surface area contributed by atoms with Gasteiger partial charge in [-0.15, -0.1) is 0 Å². The Bertz CT molecular complexity index is 2810. The average Bonchev–Trinajstić information content (AvgIpc) is 3.58. The summed E-state index contributed by atoms with van der Waals surface area (Å²) in [4.78, 5) is 13.7. The average molecular weight is 649 g/mol. The van der Waals surface area contributed by atoms with Crippen LogP contribution in [-0.4, -0.2) is 15.0 Å². The molecule has 0 bridgehead atoms. The topological polar surface area (TPSA) is 38.7 Å². The van der Waals surface area contributed by atoms with Crippen LogP contribution in [0, 0.1) is 6.92 Å². The lowest BCUT2D eigenvalue weighted by atomic mass is 9.67. The Labute approximate surface area is 305 Å². The van der Waals surface area contributed by atoms with Gasteiger partial charge in [0.1, 0.15) is 0 Å². The second kappa shape index (κ2) is 12.2. The van der Waals surface area contributed by atoms with Crippen molar-refractivity contribution in [3.63, 3.8) is 0 Å². The van der Waals surface area contributed by atoms with Crippen molar-refractivity contribution in [2.75, 3.05) is 0 Å². The Hall–Kier alpha value is -6.45. The standard InChI is InChI=1S/C47H33N3/c1-32-24-26-35(27-25-32)45-48-44(34-14-5-2-6-15-34)49-46(50-45)36-30-28-33(29-31-36)39-21-13-23-42-43(39)40-20-11-12-22-41(40)47(42,37-16-7-3-8-17-37)38-18-9-4-10-19-38/h2-31H,1H3/i2D,5D,6D,14D,15D,24D,25D,26D,27D. The third kappa shape index (κ3) is 4.86. The van der Waals surface area contributed by atoms with Gasteiger partial charge >= 0.3 is 0 Å². The van der Waals surface area contributed by atoms with Gasteiger partial charge < -0.3 is 0 Å². The fourth-order valence-corrected chi connectivity index (χ4v) is 7.11. The fraction of sp³-hybridized carbons (Fsp3) is 0.0426. The third-order valence-electron chi connectivity index (χ3n) is 9.27. The highest BCUT2D eigenvalue weighted by Gasteiger charge is 2.46. The lowest BCUT2D eigenvalue weighted by Crippen LogP contribution is -2.28. The summed E-state index contributed by atoms with van der Waals surface area (Å²) in [5, 5.41) is 0. The van der Waals surface area contributed by atoms with Gasteiger partial charge in [-0.05, 0) is 51.4 Å². The molecule has 1 aromatic heterocycles. The molecule has 3 heteroatoms. The summed E-state index contributed by atoms with van der Waals surface area (Å²) >= 11 is 0. The molecule has 7 aromatic carbocycles. The van der Waals surface area contributed by atoms with Crippen molar-refractivity contribution in [3.8, 4) is 56.4 Å². The molecule has 3 nitrogen and oxygen atoms in total. The van der Waals surface area contributed by atoms with Crippen LogP contribution in [0.15, 0.2) is 182 Å². The molecule has 0 fully saturated rings. The maximum absolute atomic E-state index is 8.77. The first kappa shape index (κ1) is 21.5. The van der Waals surface area contributed by atoms with Crippen LogP contribution >= 0.6 is 0 Å². The number of rotatable bonds is 6. The SMILES string of the molecule is [2H]c1c([2H])c([2H])c(-c2nc(-c3ccc(-c4cccc5c4-c4ccccc4C5(c4ccccc4)c4ccccc4)cc3)nc(-c3c([2H])c([2H])c(C)c([2H])c3[2H])n2)c([2H])c1[2H]. The van der Waals surface area contributed by atoms with Gasteiger partial charge in [0.15, 0.2) is 17.5 Å². The molecule has 0 atom stereocenters. The second-order valence-electron chi connectivity index (χ2n) is 12.1. The molecule has 1 aliphatic rings. The number of hydrogen-bond donors (Lipinski definition) is 0. The minimum atomic E-state index is -0.577. The summed E-state index contributed by atoms with van der Waals surface area (Å²) in [5.41, 5.74) is 8.38. The van der Waals surface area contributed by atoms with E-state index in [1.807, 2.05) is 36.4 Å².